The van der Waals surface area contributed by atoms with Crippen LogP contribution in [0.3, 0.4) is 0 Å². The van der Waals surface area contributed by atoms with Crippen molar-refractivity contribution in [2.75, 3.05) is 24.5 Å². The van der Waals surface area contributed by atoms with Gasteiger partial charge in [0, 0.05) is 18.8 Å². The van der Waals surface area contributed by atoms with Crippen molar-refractivity contribution >= 4 is 5.69 Å². The molecule has 0 saturated heterocycles. The Morgan fingerprint density at radius 3 is 2.05 bits per heavy atom. The second-order valence-corrected chi connectivity index (χ2v) is 5.73. The van der Waals surface area contributed by atoms with Gasteiger partial charge in [-0.05, 0) is 43.7 Å². The van der Waals surface area contributed by atoms with Crippen molar-refractivity contribution in [1.29, 1.82) is 0 Å². The molecular formula is C18H31FN2. The third kappa shape index (κ3) is 8.05. The van der Waals surface area contributed by atoms with E-state index in [2.05, 4.69) is 11.8 Å². The van der Waals surface area contributed by atoms with Gasteiger partial charge in [0.1, 0.15) is 5.82 Å². The van der Waals surface area contributed by atoms with Crippen molar-refractivity contribution in [2.24, 2.45) is 5.73 Å². The Kier molecular flexibility index (Phi) is 9.88. The summed E-state index contributed by atoms with van der Waals surface area (Å²) in [4.78, 5) is 2.33. The number of hydrogen-bond acceptors (Lipinski definition) is 2. The van der Waals surface area contributed by atoms with E-state index < -0.39 is 0 Å². The first-order valence-corrected chi connectivity index (χ1v) is 8.48. The predicted molar refractivity (Wildman–Crippen MR) is 90.3 cm³/mol. The van der Waals surface area contributed by atoms with Crippen LogP contribution in [-0.4, -0.2) is 19.6 Å². The molecule has 3 heteroatoms. The van der Waals surface area contributed by atoms with Crippen molar-refractivity contribution in [3.63, 3.8) is 0 Å². The molecule has 120 valence electrons. The Bertz CT molecular complexity index is 351. The lowest BCUT2D eigenvalue weighted by molar-refractivity contribution is 0.580. The highest BCUT2D eigenvalue weighted by atomic mass is 19.1. The molecule has 0 fully saturated rings. The minimum Gasteiger partial charge on any atom is -0.371 e. The summed E-state index contributed by atoms with van der Waals surface area (Å²) in [6.45, 7) is 4.95. The van der Waals surface area contributed by atoms with Gasteiger partial charge in [-0.2, -0.15) is 0 Å². The summed E-state index contributed by atoms with van der Waals surface area (Å²) in [5.74, 6) is -0.173. The van der Waals surface area contributed by atoms with Gasteiger partial charge in [-0.1, -0.05) is 45.4 Å². The maximum atomic E-state index is 13.0. The largest absolute Gasteiger partial charge is 0.371 e. The Labute approximate surface area is 129 Å². The number of hydrogen-bond donors (Lipinski definition) is 1. The topological polar surface area (TPSA) is 29.3 Å². The summed E-state index contributed by atoms with van der Waals surface area (Å²) in [5.41, 5.74) is 6.72. The number of nitrogens with two attached hydrogens (primary N) is 1. The molecule has 1 aromatic rings. The molecule has 0 heterocycles. The van der Waals surface area contributed by atoms with E-state index in [4.69, 9.17) is 5.73 Å². The molecule has 21 heavy (non-hydrogen) atoms. The molecule has 0 aromatic heterocycles. The third-order valence-electron chi connectivity index (χ3n) is 3.86. The normalized spacial score (nSPS) is 10.8. The molecule has 0 unspecified atom stereocenters. The minimum absolute atomic E-state index is 0.173. The average molecular weight is 294 g/mol. The van der Waals surface area contributed by atoms with E-state index >= 15 is 0 Å². The molecule has 0 aliphatic heterocycles. The van der Waals surface area contributed by atoms with E-state index in [9.17, 15) is 4.39 Å². The number of rotatable bonds is 12. The Morgan fingerprint density at radius 2 is 1.43 bits per heavy atom. The molecule has 0 bridgehead atoms. The maximum absolute atomic E-state index is 13.0. The zero-order valence-electron chi connectivity index (χ0n) is 13.5. The Morgan fingerprint density at radius 1 is 0.857 bits per heavy atom. The SMILES string of the molecule is CCCCCCCCCN(CCCN)c1ccc(F)cc1. The lowest BCUT2D eigenvalue weighted by Gasteiger charge is -2.24. The molecule has 0 saturated carbocycles. The molecule has 0 atom stereocenters. The fraction of sp³-hybridized carbons (Fsp3) is 0.667. The quantitative estimate of drug-likeness (QED) is 0.565. The first kappa shape index (κ1) is 18.0. The van der Waals surface area contributed by atoms with Crippen LogP contribution in [0.1, 0.15) is 58.3 Å². The van der Waals surface area contributed by atoms with Crippen molar-refractivity contribution in [2.45, 2.75) is 58.3 Å². The molecule has 1 rings (SSSR count). The van der Waals surface area contributed by atoms with Gasteiger partial charge in [0.15, 0.2) is 0 Å². The van der Waals surface area contributed by atoms with Gasteiger partial charge in [-0.3, -0.25) is 0 Å². The van der Waals surface area contributed by atoms with Crippen LogP contribution in [0.4, 0.5) is 10.1 Å². The van der Waals surface area contributed by atoms with Gasteiger partial charge in [0.05, 0.1) is 0 Å². The standard InChI is InChI=1S/C18H31FN2/c1-2-3-4-5-6-7-8-15-21(16-9-14-20)18-12-10-17(19)11-13-18/h10-13H,2-9,14-16,20H2,1H3. The summed E-state index contributed by atoms with van der Waals surface area (Å²) in [6, 6.07) is 6.81. The molecular weight excluding hydrogens is 263 g/mol. The van der Waals surface area contributed by atoms with Gasteiger partial charge < -0.3 is 10.6 Å². The monoisotopic (exact) mass is 294 g/mol. The van der Waals surface area contributed by atoms with E-state index in [-0.39, 0.29) is 5.82 Å². The smallest absolute Gasteiger partial charge is 0.123 e. The van der Waals surface area contributed by atoms with E-state index in [1.807, 2.05) is 12.1 Å². The molecule has 0 amide bonds. The second-order valence-electron chi connectivity index (χ2n) is 5.73. The number of benzene rings is 1. The maximum Gasteiger partial charge on any atom is 0.123 e. The molecule has 2 nitrogen and oxygen atoms in total. The van der Waals surface area contributed by atoms with E-state index in [0.717, 1.165) is 25.2 Å². The number of unbranched alkanes of at least 4 members (excludes halogenated alkanes) is 6. The lowest BCUT2D eigenvalue weighted by Crippen LogP contribution is -2.27. The first-order chi connectivity index (χ1) is 10.3. The number of anilines is 1. The van der Waals surface area contributed by atoms with Crippen LogP contribution >= 0.6 is 0 Å². The van der Waals surface area contributed by atoms with Crippen LogP contribution in [0, 0.1) is 5.82 Å². The summed E-state index contributed by atoms with van der Waals surface area (Å²) in [5, 5.41) is 0. The summed E-state index contributed by atoms with van der Waals surface area (Å²) in [6.07, 6.45) is 10.2. The van der Waals surface area contributed by atoms with Crippen molar-refractivity contribution in [3.05, 3.63) is 30.1 Å². The van der Waals surface area contributed by atoms with E-state index in [1.54, 1.807) is 0 Å². The molecule has 0 aliphatic carbocycles. The summed E-state index contributed by atoms with van der Waals surface area (Å²) in [7, 11) is 0. The van der Waals surface area contributed by atoms with Crippen LogP contribution in [-0.2, 0) is 0 Å². The van der Waals surface area contributed by atoms with Crippen LogP contribution in [0.5, 0.6) is 0 Å². The molecule has 2 N–H and O–H groups in total. The highest BCUT2D eigenvalue weighted by Gasteiger charge is 2.06. The zero-order valence-corrected chi connectivity index (χ0v) is 13.5. The van der Waals surface area contributed by atoms with Crippen LogP contribution in [0.15, 0.2) is 24.3 Å². The van der Waals surface area contributed by atoms with Gasteiger partial charge in [-0.25, -0.2) is 4.39 Å². The van der Waals surface area contributed by atoms with Crippen LogP contribution < -0.4 is 10.6 Å². The average Bonchev–Trinajstić information content (AvgIpc) is 2.50. The highest BCUT2D eigenvalue weighted by Crippen LogP contribution is 2.16. The Balaban J connectivity index is 2.31. The Hall–Kier alpha value is -1.09. The number of nitrogens with zero attached hydrogens (tertiary/aromatic N) is 1. The van der Waals surface area contributed by atoms with Crippen molar-refractivity contribution in [1.82, 2.24) is 0 Å². The molecule has 0 radical (unpaired) electrons. The third-order valence-corrected chi connectivity index (χ3v) is 3.86. The van der Waals surface area contributed by atoms with Crippen molar-refractivity contribution < 1.29 is 4.39 Å². The van der Waals surface area contributed by atoms with E-state index in [1.165, 1.54) is 57.1 Å². The van der Waals surface area contributed by atoms with Crippen LogP contribution in [0.2, 0.25) is 0 Å². The molecule has 0 aliphatic rings. The number of halogens is 1. The highest BCUT2D eigenvalue weighted by molar-refractivity contribution is 5.46. The molecule has 0 spiro atoms. The van der Waals surface area contributed by atoms with Gasteiger partial charge in [0.2, 0.25) is 0 Å². The first-order valence-electron chi connectivity index (χ1n) is 8.48. The summed E-state index contributed by atoms with van der Waals surface area (Å²) >= 11 is 0. The second kappa shape index (κ2) is 11.6. The fourth-order valence-electron chi connectivity index (χ4n) is 2.56. The predicted octanol–water partition coefficient (Wildman–Crippen LogP) is 4.73. The minimum atomic E-state index is -0.173. The van der Waals surface area contributed by atoms with Crippen LogP contribution in [0.25, 0.3) is 0 Å². The fourth-order valence-corrected chi connectivity index (χ4v) is 2.56. The van der Waals surface area contributed by atoms with E-state index in [0.29, 0.717) is 6.54 Å². The van der Waals surface area contributed by atoms with Crippen molar-refractivity contribution in [3.8, 4) is 0 Å². The summed E-state index contributed by atoms with van der Waals surface area (Å²) < 4.78 is 13.0. The van der Waals surface area contributed by atoms with Gasteiger partial charge >= 0.3 is 0 Å². The van der Waals surface area contributed by atoms with Gasteiger partial charge in [-0.15, -0.1) is 0 Å². The lowest BCUT2D eigenvalue weighted by atomic mass is 10.1. The van der Waals surface area contributed by atoms with Gasteiger partial charge in [0.25, 0.3) is 0 Å². The molecule has 1 aromatic carbocycles. The zero-order chi connectivity index (χ0) is 15.3.